The first-order valence-corrected chi connectivity index (χ1v) is 6.64. The quantitative estimate of drug-likeness (QED) is 0.631. The molecule has 0 aromatic carbocycles. The molecule has 1 unspecified atom stereocenters. The predicted octanol–water partition coefficient (Wildman–Crippen LogP) is -0.0677. The van der Waals surface area contributed by atoms with Crippen molar-refractivity contribution in [2.45, 2.75) is 45.7 Å². The Labute approximate surface area is 122 Å². The lowest BCUT2D eigenvalue weighted by molar-refractivity contribution is -0.147. The standard InChI is InChI=1S/C13H21N3O5/c1-13(2,3)9(11(19)20)15-12(21)14-7-5-6-8(17)16(4)10(7)18/h7,9H,5-6H2,1-4H3,(H,19,20)(H2,14,15,21)/t7?,9-/m0/s1. The lowest BCUT2D eigenvalue weighted by Crippen LogP contribution is -2.58. The number of likely N-dealkylation sites (tertiary alicyclic amines) is 1. The SMILES string of the molecule is CN1C(=O)CCC(NC(=O)N[C@@H](C(=O)O)C(C)(C)C)C1=O. The molecule has 3 N–H and O–H groups in total. The second-order valence-corrected chi connectivity index (χ2v) is 6.14. The molecule has 1 heterocycles. The fourth-order valence-electron chi connectivity index (χ4n) is 2.03. The van der Waals surface area contributed by atoms with E-state index in [0.717, 1.165) is 4.90 Å². The van der Waals surface area contributed by atoms with Crippen LogP contribution in [-0.4, -0.2) is 53.0 Å². The Kier molecular flexibility index (Phi) is 4.93. The highest BCUT2D eigenvalue weighted by Gasteiger charge is 2.36. The Morgan fingerprint density at radius 1 is 1.33 bits per heavy atom. The molecule has 2 atom stereocenters. The molecule has 8 nitrogen and oxygen atoms in total. The first kappa shape index (κ1) is 16.9. The molecule has 1 saturated heterocycles. The molecule has 0 bridgehead atoms. The van der Waals surface area contributed by atoms with E-state index in [0.29, 0.717) is 0 Å². The Morgan fingerprint density at radius 3 is 2.38 bits per heavy atom. The van der Waals surface area contributed by atoms with Crippen LogP contribution in [0.1, 0.15) is 33.6 Å². The second kappa shape index (κ2) is 6.11. The van der Waals surface area contributed by atoms with E-state index in [2.05, 4.69) is 10.6 Å². The normalized spacial score (nSPS) is 21.0. The van der Waals surface area contributed by atoms with Crippen molar-refractivity contribution in [2.24, 2.45) is 5.41 Å². The lowest BCUT2D eigenvalue weighted by Gasteiger charge is -2.31. The molecule has 0 aromatic heterocycles. The lowest BCUT2D eigenvalue weighted by atomic mass is 9.87. The largest absolute Gasteiger partial charge is 0.480 e. The van der Waals surface area contributed by atoms with Crippen molar-refractivity contribution < 1.29 is 24.3 Å². The van der Waals surface area contributed by atoms with Gasteiger partial charge in [0.15, 0.2) is 0 Å². The summed E-state index contributed by atoms with van der Waals surface area (Å²) in [6, 6.07) is -2.64. The number of hydrogen-bond acceptors (Lipinski definition) is 4. The molecule has 1 rings (SSSR count). The number of carboxylic acids is 1. The zero-order valence-electron chi connectivity index (χ0n) is 12.6. The van der Waals surface area contributed by atoms with E-state index in [1.807, 2.05) is 0 Å². The smallest absolute Gasteiger partial charge is 0.326 e. The highest BCUT2D eigenvalue weighted by molar-refractivity contribution is 6.01. The van der Waals surface area contributed by atoms with E-state index >= 15 is 0 Å². The van der Waals surface area contributed by atoms with Crippen LogP contribution in [0.15, 0.2) is 0 Å². The topological polar surface area (TPSA) is 116 Å². The minimum Gasteiger partial charge on any atom is -0.480 e. The Hall–Kier alpha value is -2.12. The van der Waals surface area contributed by atoms with Gasteiger partial charge >= 0.3 is 12.0 Å². The maximum Gasteiger partial charge on any atom is 0.326 e. The van der Waals surface area contributed by atoms with Crippen LogP contribution in [0.3, 0.4) is 0 Å². The van der Waals surface area contributed by atoms with Crippen LogP contribution in [-0.2, 0) is 14.4 Å². The summed E-state index contributed by atoms with van der Waals surface area (Å²) in [6.07, 6.45) is 0.373. The summed E-state index contributed by atoms with van der Waals surface area (Å²) in [6.45, 7) is 5.05. The molecular formula is C13H21N3O5. The number of piperidine rings is 1. The summed E-state index contributed by atoms with van der Waals surface area (Å²) >= 11 is 0. The van der Waals surface area contributed by atoms with Gasteiger partial charge in [0.2, 0.25) is 5.91 Å². The van der Waals surface area contributed by atoms with Gasteiger partial charge in [0.05, 0.1) is 0 Å². The third kappa shape index (κ3) is 4.17. The fourth-order valence-corrected chi connectivity index (χ4v) is 2.03. The summed E-state index contributed by atoms with van der Waals surface area (Å²) < 4.78 is 0. The number of urea groups is 1. The number of amides is 4. The minimum atomic E-state index is -1.15. The van der Waals surface area contributed by atoms with E-state index in [-0.39, 0.29) is 18.7 Å². The molecule has 1 fully saturated rings. The molecule has 118 valence electrons. The van der Waals surface area contributed by atoms with Crippen molar-refractivity contribution in [3.05, 3.63) is 0 Å². The number of carboxylic acid groups (broad SMARTS) is 1. The molecule has 1 aliphatic heterocycles. The first-order valence-electron chi connectivity index (χ1n) is 6.64. The average Bonchev–Trinajstić information content (AvgIpc) is 2.35. The van der Waals surface area contributed by atoms with Crippen LogP contribution in [0.25, 0.3) is 0 Å². The summed E-state index contributed by atoms with van der Waals surface area (Å²) in [4.78, 5) is 47.2. The maximum atomic E-state index is 11.9. The van der Waals surface area contributed by atoms with Crippen LogP contribution in [0.4, 0.5) is 4.79 Å². The molecule has 4 amide bonds. The highest BCUT2D eigenvalue weighted by Crippen LogP contribution is 2.19. The average molecular weight is 299 g/mol. The van der Waals surface area contributed by atoms with E-state index < -0.39 is 35.4 Å². The number of aliphatic carboxylic acids is 1. The van der Waals surface area contributed by atoms with Gasteiger partial charge in [0.25, 0.3) is 5.91 Å². The highest BCUT2D eigenvalue weighted by atomic mass is 16.4. The predicted molar refractivity (Wildman–Crippen MR) is 73.3 cm³/mol. The Morgan fingerprint density at radius 2 is 1.90 bits per heavy atom. The first-order chi connectivity index (χ1) is 9.54. The zero-order chi connectivity index (χ0) is 16.4. The van der Waals surface area contributed by atoms with E-state index in [1.54, 1.807) is 20.8 Å². The summed E-state index contributed by atoms with van der Waals surface area (Å²) in [5.41, 5.74) is -0.674. The van der Waals surface area contributed by atoms with E-state index in [1.165, 1.54) is 7.05 Å². The van der Waals surface area contributed by atoms with Crippen LogP contribution in [0.2, 0.25) is 0 Å². The third-order valence-corrected chi connectivity index (χ3v) is 3.34. The van der Waals surface area contributed by atoms with Crippen LogP contribution in [0.5, 0.6) is 0 Å². The Bertz CT molecular complexity index is 469. The van der Waals surface area contributed by atoms with Gasteiger partial charge in [0.1, 0.15) is 12.1 Å². The van der Waals surface area contributed by atoms with Crippen molar-refractivity contribution in [3.8, 4) is 0 Å². The molecule has 21 heavy (non-hydrogen) atoms. The van der Waals surface area contributed by atoms with Gasteiger partial charge in [-0.2, -0.15) is 0 Å². The van der Waals surface area contributed by atoms with Gasteiger partial charge in [-0.15, -0.1) is 0 Å². The second-order valence-electron chi connectivity index (χ2n) is 6.14. The minimum absolute atomic E-state index is 0.162. The molecule has 0 aromatic rings. The number of imide groups is 1. The van der Waals surface area contributed by atoms with Gasteiger partial charge in [0, 0.05) is 13.5 Å². The molecule has 0 aliphatic carbocycles. The fraction of sp³-hybridized carbons (Fsp3) is 0.692. The van der Waals surface area contributed by atoms with Gasteiger partial charge in [-0.1, -0.05) is 20.8 Å². The summed E-state index contributed by atoms with van der Waals surface area (Å²) in [5, 5.41) is 13.9. The molecule has 0 radical (unpaired) electrons. The third-order valence-electron chi connectivity index (χ3n) is 3.34. The number of nitrogens with one attached hydrogen (secondary N) is 2. The van der Waals surface area contributed by atoms with Crippen molar-refractivity contribution in [2.75, 3.05) is 7.05 Å². The molecule has 0 spiro atoms. The van der Waals surface area contributed by atoms with Crippen LogP contribution < -0.4 is 10.6 Å². The van der Waals surface area contributed by atoms with Crippen molar-refractivity contribution in [1.29, 1.82) is 0 Å². The van der Waals surface area contributed by atoms with Crippen molar-refractivity contribution in [3.63, 3.8) is 0 Å². The van der Waals surface area contributed by atoms with E-state index in [4.69, 9.17) is 5.11 Å². The number of carbonyl (C=O) groups excluding carboxylic acids is 3. The summed E-state index contributed by atoms with van der Waals surface area (Å²) in [7, 11) is 1.35. The molecule has 0 saturated carbocycles. The van der Waals surface area contributed by atoms with Gasteiger partial charge in [-0.3, -0.25) is 14.5 Å². The number of nitrogens with zero attached hydrogens (tertiary/aromatic N) is 1. The molecule has 8 heteroatoms. The number of hydrogen-bond donors (Lipinski definition) is 3. The van der Waals surface area contributed by atoms with Crippen LogP contribution >= 0.6 is 0 Å². The van der Waals surface area contributed by atoms with Crippen molar-refractivity contribution >= 4 is 23.8 Å². The number of carbonyl (C=O) groups is 4. The van der Waals surface area contributed by atoms with Crippen molar-refractivity contribution in [1.82, 2.24) is 15.5 Å². The molecule has 1 aliphatic rings. The van der Waals surface area contributed by atoms with Gasteiger partial charge in [-0.25, -0.2) is 9.59 Å². The summed E-state index contributed by atoms with van der Waals surface area (Å²) in [5.74, 6) is -1.94. The van der Waals surface area contributed by atoms with Gasteiger partial charge < -0.3 is 15.7 Å². The number of rotatable bonds is 3. The van der Waals surface area contributed by atoms with E-state index in [9.17, 15) is 19.2 Å². The van der Waals surface area contributed by atoms with Gasteiger partial charge in [-0.05, 0) is 11.8 Å². The molecular weight excluding hydrogens is 278 g/mol. The Balaban J connectivity index is 2.67. The maximum absolute atomic E-state index is 11.9. The number of likely N-dealkylation sites (N-methyl/N-ethyl adjacent to an activating group) is 1. The zero-order valence-corrected chi connectivity index (χ0v) is 12.6. The monoisotopic (exact) mass is 299 g/mol. The van der Waals surface area contributed by atoms with Crippen LogP contribution in [0, 0.1) is 5.41 Å².